The molecule has 1 atom stereocenters. The molecule has 0 saturated carbocycles. The van der Waals surface area contributed by atoms with Crippen molar-refractivity contribution < 1.29 is 4.79 Å². The minimum absolute atomic E-state index is 0.122. The average molecular weight is 309 g/mol. The minimum Gasteiger partial charge on any atom is -0.326 e. The van der Waals surface area contributed by atoms with E-state index in [0.29, 0.717) is 17.9 Å². The molecule has 1 rings (SSSR count). The molecule has 4 heteroatoms. The second-order valence-electron chi connectivity index (χ2n) is 4.70. The van der Waals surface area contributed by atoms with Crippen molar-refractivity contribution in [2.45, 2.75) is 26.3 Å². The van der Waals surface area contributed by atoms with Gasteiger partial charge in [-0.05, 0) is 30.5 Å². The van der Waals surface area contributed by atoms with Gasteiger partial charge in [-0.25, -0.2) is 0 Å². The van der Waals surface area contributed by atoms with Gasteiger partial charge in [-0.3, -0.25) is 4.79 Å². The van der Waals surface area contributed by atoms with Crippen LogP contribution in [0.5, 0.6) is 0 Å². The van der Waals surface area contributed by atoms with Crippen LogP contribution in [0.15, 0.2) is 28.7 Å². The highest BCUT2D eigenvalue weighted by Crippen LogP contribution is 2.16. The van der Waals surface area contributed by atoms with Gasteiger partial charge in [0.15, 0.2) is 0 Å². The standard InChI is InChI=1S/C14H17BrN2O/c1-10(2)7-13(9-16)17(3)14(18)11-5-4-6-12(15)8-11/h4-6,8,10,13H,7H2,1-3H3. The highest BCUT2D eigenvalue weighted by molar-refractivity contribution is 9.10. The number of carbonyl (C=O) groups is 1. The van der Waals surface area contributed by atoms with Gasteiger partial charge in [-0.15, -0.1) is 0 Å². The first-order valence-electron chi connectivity index (χ1n) is 5.88. The average Bonchev–Trinajstić information content (AvgIpc) is 2.34. The van der Waals surface area contributed by atoms with Crippen molar-refractivity contribution in [3.63, 3.8) is 0 Å². The lowest BCUT2D eigenvalue weighted by Gasteiger charge is -2.24. The maximum absolute atomic E-state index is 12.2. The van der Waals surface area contributed by atoms with Crippen molar-refractivity contribution in [3.05, 3.63) is 34.3 Å². The predicted molar refractivity (Wildman–Crippen MR) is 75.1 cm³/mol. The zero-order valence-electron chi connectivity index (χ0n) is 10.9. The zero-order valence-corrected chi connectivity index (χ0v) is 12.4. The van der Waals surface area contributed by atoms with E-state index in [4.69, 9.17) is 5.26 Å². The number of rotatable bonds is 4. The Morgan fingerprint density at radius 2 is 2.17 bits per heavy atom. The number of hydrogen-bond acceptors (Lipinski definition) is 2. The quantitative estimate of drug-likeness (QED) is 0.855. The molecule has 96 valence electrons. The van der Waals surface area contributed by atoms with Gasteiger partial charge in [0.05, 0.1) is 6.07 Å². The molecule has 0 saturated heterocycles. The van der Waals surface area contributed by atoms with Gasteiger partial charge in [0.2, 0.25) is 0 Å². The fraction of sp³-hybridized carbons (Fsp3) is 0.429. The van der Waals surface area contributed by atoms with Crippen LogP contribution in [0.25, 0.3) is 0 Å². The Bertz CT molecular complexity index is 465. The largest absolute Gasteiger partial charge is 0.326 e. The maximum atomic E-state index is 12.2. The fourth-order valence-electron chi connectivity index (χ4n) is 1.71. The predicted octanol–water partition coefficient (Wildman–Crippen LogP) is 3.46. The molecule has 0 N–H and O–H groups in total. The maximum Gasteiger partial charge on any atom is 0.254 e. The monoisotopic (exact) mass is 308 g/mol. The summed E-state index contributed by atoms with van der Waals surface area (Å²) in [6.45, 7) is 4.09. The molecular weight excluding hydrogens is 292 g/mol. The van der Waals surface area contributed by atoms with Crippen LogP contribution >= 0.6 is 15.9 Å². The molecule has 0 heterocycles. The van der Waals surface area contributed by atoms with Crippen molar-refractivity contribution in [1.29, 1.82) is 5.26 Å². The third-order valence-electron chi connectivity index (χ3n) is 2.70. The third-order valence-corrected chi connectivity index (χ3v) is 3.20. The Kier molecular flexibility index (Phi) is 5.36. The summed E-state index contributed by atoms with van der Waals surface area (Å²) in [7, 11) is 1.68. The number of amides is 1. The fourth-order valence-corrected chi connectivity index (χ4v) is 2.11. The summed E-state index contributed by atoms with van der Waals surface area (Å²) in [5.41, 5.74) is 0.593. The first-order valence-corrected chi connectivity index (χ1v) is 6.67. The summed E-state index contributed by atoms with van der Waals surface area (Å²) >= 11 is 3.34. The lowest BCUT2D eigenvalue weighted by atomic mass is 10.0. The van der Waals surface area contributed by atoms with Crippen molar-refractivity contribution in [2.75, 3.05) is 7.05 Å². The van der Waals surface area contributed by atoms with Crippen LogP contribution in [-0.2, 0) is 0 Å². The molecule has 1 unspecified atom stereocenters. The topological polar surface area (TPSA) is 44.1 Å². The van der Waals surface area contributed by atoms with Gasteiger partial charge in [-0.2, -0.15) is 5.26 Å². The van der Waals surface area contributed by atoms with E-state index in [9.17, 15) is 4.79 Å². The number of nitrogens with zero attached hydrogens (tertiary/aromatic N) is 2. The van der Waals surface area contributed by atoms with Crippen LogP contribution in [0.4, 0.5) is 0 Å². The second-order valence-corrected chi connectivity index (χ2v) is 5.62. The summed E-state index contributed by atoms with van der Waals surface area (Å²) in [6.07, 6.45) is 0.687. The summed E-state index contributed by atoms with van der Waals surface area (Å²) < 4.78 is 0.860. The van der Waals surface area contributed by atoms with E-state index in [2.05, 4.69) is 22.0 Å². The van der Waals surface area contributed by atoms with E-state index in [1.54, 1.807) is 19.2 Å². The molecule has 0 radical (unpaired) electrons. The summed E-state index contributed by atoms with van der Waals surface area (Å²) in [5.74, 6) is 0.260. The normalized spacial score (nSPS) is 12.0. The van der Waals surface area contributed by atoms with Crippen molar-refractivity contribution in [3.8, 4) is 6.07 Å². The summed E-state index contributed by atoms with van der Waals surface area (Å²) in [4.78, 5) is 13.7. The SMILES string of the molecule is CC(C)CC(C#N)N(C)C(=O)c1cccc(Br)c1. The smallest absolute Gasteiger partial charge is 0.254 e. The molecular formula is C14H17BrN2O. The van der Waals surface area contributed by atoms with Crippen molar-refractivity contribution in [2.24, 2.45) is 5.92 Å². The Balaban J connectivity index is 2.86. The summed E-state index contributed by atoms with van der Waals surface area (Å²) in [6, 6.07) is 9.02. The lowest BCUT2D eigenvalue weighted by molar-refractivity contribution is 0.0752. The molecule has 0 aromatic heterocycles. The van der Waals surface area contributed by atoms with Gasteiger partial charge in [0.25, 0.3) is 5.91 Å². The number of carbonyl (C=O) groups excluding carboxylic acids is 1. The van der Waals surface area contributed by atoms with Crippen LogP contribution in [0.2, 0.25) is 0 Å². The molecule has 0 bridgehead atoms. The van der Waals surface area contributed by atoms with Crippen LogP contribution in [0.3, 0.4) is 0 Å². The molecule has 3 nitrogen and oxygen atoms in total. The second kappa shape index (κ2) is 6.55. The number of hydrogen-bond donors (Lipinski definition) is 0. The van der Waals surface area contributed by atoms with Crippen molar-refractivity contribution >= 4 is 21.8 Å². The van der Waals surface area contributed by atoms with Crippen LogP contribution in [0.1, 0.15) is 30.6 Å². The van der Waals surface area contributed by atoms with Gasteiger partial charge < -0.3 is 4.90 Å². The van der Waals surface area contributed by atoms with E-state index >= 15 is 0 Å². The van der Waals surface area contributed by atoms with Crippen LogP contribution in [0, 0.1) is 17.2 Å². The van der Waals surface area contributed by atoms with Crippen LogP contribution < -0.4 is 0 Å². The van der Waals surface area contributed by atoms with Gasteiger partial charge in [-0.1, -0.05) is 35.8 Å². The lowest BCUT2D eigenvalue weighted by Crippen LogP contribution is -2.37. The molecule has 0 aliphatic heterocycles. The molecule has 0 aliphatic rings. The summed E-state index contributed by atoms with van der Waals surface area (Å²) in [5, 5.41) is 9.14. The highest BCUT2D eigenvalue weighted by atomic mass is 79.9. The number of benzene rings is 1. The van der Waals surface area contributed by atoms with E-state index in [1.165, 1.54) is 4.90 Å². The minimum atomic E-state index is -0.378. The van der Waals surface area contributed by atoms with Gasteiger partial charge in [0.1, 0.15) is 6.04 Å². The van der Waals surface area contributed by atoms with Crippen LogP contribution in [-0.4, -0.2) is 23.9 Å². The Hall–Kier alpha value is -1.34. The molecule has 18 heavy (non-hydrogen) atoms. The van der Waals surface area contributed by atoms with E-state index in [0.717, 1.165) is 4.47 Å². The molecule has 1 aromatic carbocycles. The molecule has 0 spiro atoms. The number of halogens is 1. The molecule has 1 aromatic rings. The highest BCUT2D eigenvalue weighted by Gasteiger charge is 2.21. The Morgan fingerprint density at radius 3 is 2.67 bits per heavy atom. The van der Waals surface area contributed by atoms with Gasteiger partial charge >= 0.3 is 0 Å². The van der Waals surface area contributed by atoms with Crippen molar-refractivity contribution in [1.82, 2.24) is 4.90 Å². The van der Waals surface area contributed by atoms with Gasteiger partial charge in [0, 0.05) is 17.1 Å². The molecule has 0 fully saturated rings. The van der Waals surface area contributed by atoms with E-state index in [1.807, 2.05) is 26.0 Å². The first kappa shape index (κ1) is 14.7. The first-order chi connectivity index (χ1) is 8.45. The zero-order chi connectivity index (χ0) is 13.7. The number of nitriles is 1. The Morgan fingerprint density at radius 1 is 1.50 bits per heavy atom. The molecule has 1 amide bonds. The molecule has 0 aliphatic carbocycles. The van der Waals surface area contributed by atoms with E-state index < -0.39 is 0 Å². The third kappa shape index (κ3) is 3.85. The Labute approximate surface area is 117 Å². The van der Waals surface area contributed by atoms with E-state index in [-0.39, 0.29) is 11.9 Å².